The van der Waals surface area contributed by atoms with Crippen molar-refractivity contribution in [2.75, 3.05) is 11.5 Å². The first-order valence-corrected chi connectivity index (χ1v) is 14.1. The van der Waals surface area contributed by atoms with E-state index >= 15 is 4.39 Å². The summed E-state index contributed by atoms with van der Waals surface area (Å²) in [6, 6.07) is 6.01. The van der Waals surface area contributed by atoms with Gasteiger partial charge in [0.05, 0.1) is 58.2 Å². The number of rotatable bonds is 9. The molecule has 1 amide bonds. The Kier molecular flexibility index (Phi) is 8.14. The van der Waals surface area contributed by atoms with Gasteiger partial charge in [0.1, 0.15) is 17.2 Å². The molecule has 2 N–H and O–H groups in total. The third-order valence-corrected chi connectivity index (χ3v) is 7.70. The van der Waals surface area contributed by atoms with Gasteiger partial charge < -0.3 is 19.7 Å². The summed E-state index contributed by atoms with van der Waals surface area (Å²) in [7, 11) is 0. The Hall–Kier alpha value is -4.49. The van der Waals surface area contributed by atoms with Crippen LogP contribution >= 0.6 is 11.3 Å². The fraction of sp³-hybridized carbons (Fsp3) is 0.310. The Morgan fingerprint density at radius 1 is 1.05 bits per heavy atom. The van der Waals surface area contributed by atoms with Gasteiger partial charge >= 0.3 is 6.09 Å². The summed E-state index contributed by atoms with van der Waals surface area (Å²) in [5.41, 5.74) is 3.71. The average Bonchev–Trinajstić information content (AvgIpc) is 3.35. The van der Waals surface area contributed by atoms with Gasteiger partial charge in [-0.05, 0) is 52.3 Å². The number of carboxylic acid groups (broad SMARTS) is 1. The summed E-state index contributed by atoms with van der Waals surface area (Å²) in [6.45, 7) is 9.11. The number of anilines is 1. The molecule has 5 rings (SSSR count). The zero-order chi connectivity index (χ0) is 30.1. The lowest BCUT2D eigenvalue weighted by atomic mass is 10.1. The Balaban J connectivity index is 1.43. The first-order valence-electron chi connectivity index (χ1n) is 13.2. The number of amides is 1. The highest BCUT2D eigenvalue weighted by atomic mass is 32.1. The Morgan fingerprint density at radius 2 is 1.79 bits per heavy atom. The molecule has 0 saturated heterocycles. The number of carbonyl (C=O) groups is 1. The molecular weight excluding hydrogens is 563 g/mol. The van der Waals surface area contributed by atoms with Crippen LogP contribution < -0.4 is 14.4 Å². The lowest BCUT2D eigenvalue weighted by Crippen LogP contribution is -2.46. The molecule has 0 unspecified atom stereocenters. The van der Waals surface area contributed by atoms with E-state index in [9.17, 15) is 15.0 Å². The molecule has 0 aliphatic carbocycles. The van der Waals surface area contributed by atoms with Crippen LogP contribution in [0.25, 0.3) is 31.8 Å². The lowest BCUT2D eigenvalue weighted by molar-refractivity contribution is 0.166. The molecule has 0 spiro atoms. The van der Waals surface area contributed by atoms with Crippen LogP contribution in [-0.2, 0) is 0 Å². The predicted molar refractivity (Wildman–Crippen MR) is 157 cm³/mol. The number of nitrogens with zero attached hydrogens (tertiary/aromatic N) is 6. The summed E-state index contributed by atoms with van der Waals surface area (Å²) in [4.78, 5) is 35.0. The van der Waals surface area contributed by atoms with Crippen LogP contribution in [0.15, 0.2) is 42.9 Å². The molecule has 0 bridgehead atoms. The number of hydrogen-bond donors (Lipinski definition) is 2. The molecule has 0 fully saturated rings. The minimum atomic E-state index is -1.25. The molecule has 5 aromatic rings. The fourth-order valence-corrected chi connectivity index (χ4v) is 5.46. The van der Waals surface area contributed by atoms with Crippen LogP contribution in [-0.4, -0.2) is 60.0 Å². The van der Waals surface area contributed by atoms with Crippen molar-refractivity contribution in [1.29, 1.82) is 0 Å². The monoisotopic (exact) mass is 592 g/mol. The second-order valence-electron chi connectivity index (χ2n) is 9.78. The molecule has 3 atom stereocenters. The van der Waals surface area contributed by atoms with Gasteiger partial charge in [-0.2, -0.15) is 0 Å². The van der Waals surface area contributed by atoms with E-state index in [1.54, 1.807) is 26.1 Å². The minimum absolute atomic E-state index is 0.0293. The highest BCUT2D eigenvalue weighted by molar-refractivity contribution is 7.21. The standard InChI is InChI=1S/C29H29FN6O5S/c1-6-40-25-13-31-26-19(7-14(2)8-22(26)34-25)28-35-21-9-20(30)23(10-24(21)42-28)41-17(5)15(3)36(29(38)39)18-11-32-27(16(4)37)33-12-18/h7-13,15-17,37H,6H2,1-5H3,(H,38,39)/t15-,16+,17+/m1/s1. The van der Waals surface area contributed by atoms with Crippen molar-refractivity contribution in [2.24, 2.45) is 0 Å². The van der Waals surface area contributed by atoms with Crippen molar-refractivity contribution in [2.45, 2.75) is 52.9 Å². The first kappa shape index (κ1) is 29.0. The van der Waals surface area contributed by atoms with Crippen LogP contribution in [0, 0.1) is 12.7 Å². The number of aliphatic hydroxyl groups is 1. The number of aliphatic hydroxyl groups excluding tert-OH is 1. The maximum Gasteiger partial charge on any atom is 0.412 e. The van der Waals surface area contributed by atoms with Gasteiger partial charge in [-0.3, -0.25) is 4.90 Å². The van der Waals surface area contributed by atoms with E-state index in [1.807, 2.05) is 26.0 Å². The molecule has 218 valence electrons. The van der Waals surface area contributed by atoms with Crippen molar-refractivity contribution in [3.8, 4) is 22.2 Å². The van der Waals surface area contributed by atoms with Crippen molar-refractivity contribution in [3.05, 3.63) is 60.1 Å². The number of benzene rings is 2. The van der Waals surface area contributed by atoms with Gasteiger partial charge in [-0.1, -0.05) is 0 Å². The Bertz CT molecular complexity index is 1760. The van der Waals surface area contributed by atoms with Crippen LogP contribution in [0.1, 0.15) is 45.2 Å². The maximum atomic E-state index is 15.2. The van der Waals surface area contributed by atoms with E-state index in [0.717, 1.165) is 16.0 Å². The molecule has 11 nitrogen and oxygen atoms in total. The molecule has 3 heterocycles. The third kappa shape index (κ3) is 5.78. The van der Waals surface area contributed by atoms with Gasteiger partial charge in [0.25, 0.3) is 0 Å². The van der Waals surface area contributed by atoms with Crippen LogP contribution in [0.3, 0.4) is 0 Å². The number of aromatic nitrogens is 5. The Morgan fingerprint density at radius 3 is 2.45 bits per heavy atom. The van der Waals surface area contributed by atoms with Crippen molar-refractivity contribution < 1.29 is 28.9 Å². The number of aryl methyl sites for hydroxylation is 1. The smallest absolute Gasteiger partial charge is 0.412 e. The number of fused-ring (bicyclic) bond motifs is 2. The second kappa shape index (κ2) is 11.8. The van der Waals surface area contributed by atoms with E-state index in [0.29, 0.717) is 38.7 Å². The van der Waals surface area contributed by atoms with E-state index in [4.69, 9.17) is 9.47 Å². The van der Waals surface area contributed by atoms with Crippen LogP contribution in [0.5, 0.6) is 11.6 Å². The van der Waals surface area contributed by atoms with Gasteiger partial charge in [-0.15, -0.1) is 11.3 Å². The summed E-state index contributed by atoms with van der Waals surface area (Å²) >= 11 is 1.36. The highest BCUT2D eigenvalue weighted by Crippen LogP contribution is 2.37. The third-order valence-electron chi connectivity index (χ3n) is 6.65. The zero-order valence-corrected chi connectivity index (χ0v) is 24.4. The summed E-state index contributed by atoms with van der Waals surface area (Å²) in [6.07, 6.45) is 1.29. The molecule has 0 saturated carbocycles. The second-order valence-corrected chi connectivity index (χ2v) is 10.8. The van der Waals surface area contributed by atoms with Crippen LogP contribution in [0.2, 0.25) is 0 Å². The maximum absolute atomic E-state index is 15.2. The Labute approximate surface area is 244 Å². The van der Waals surface area contributed by atoms with Crippen molar-refractivity contribution in [3.63, 3.8) is 0 Å². The van der Waals surface area contributed by atoms with E-state index in [2.05, 4.69) is 24.9 Å². The molecular formula is C29H29FN6O5S. The molecule has 3 aromatic heterocycles. The van der Waals surface area contributed by atoms with E-state index in [1.165, 1.54) is 36.7 Å². The SMILES string of the molecule is CCOc1cnc2c(-c3nc4cc(F)c(O[C@@H](C)[C@@H](C)N(C(=O)O)c5cnc([C@H](C)O)nc5)cc4s3)cc(C)cc2n1. The van der Waals surface area contributed by atoms with E-state index in [-0.39, 0.29) is 17.3 Å². The normalized spacial score (nSPS) is 13.6. The molecule has 0 aliphatic heterocycles. The summed E-state index contributed by atoms with van der Waals surface area (Å²) in [5.74, 6) is -0.0522. The van der Waals surface area contributed by atoms with Gasteiger partial charge in [0, 0.05) is 17.7 Å². The summed E-state index contributed by atoms with van der Waals surface area (Å²) < 4.78 is 27.4. The minimum Gasteiger partial charge on any atom is -0.485 e. The van der Waals surface area contributed by atoms with Gasteiger partial charge in [0.2, 0.25) is 5.88 Å². The lowest BCUT2D eigenvalue weighted by Gasteiger charge is -2.30. The number of hydrogen-bond acceptors (Lipinski definition) is 10. The van der Waals surface area contributed by atoms with Gasteiger partial charge in [-0.25, -0.2) is 34.1 Å². The number of ether oxygens (including phenoxy) is 2. The number of halogens is 1. The molecule has 0 aliphatic rings. The van der Waals surface area contributed by atoms with E-state index < -0.39 is 30.2 Å². The highest BCUT2D eigenvalue weighted by Gasteiger charge is 2.29. The fourth-order valence-electron chi connectivity index (χ4n) is 4.46. The predicted octanol–water partition coefficient (Wildman–Crippen LogP) is 5.94. The molecule has 42 heavy (non-hydrogen) atoms. The average molecular weight is 593 g/mol. The van der Waals surface area contributed by atoms with Crippen molar-refractivity contribution in [1.82, 2.24) is 24.9 Å². The molecule has 13 heteroatoms. The number of thiazole rings is 1. The van der Waals surface area contributed by atoms with Crippen molar-refractivity contribution >= 4 is 44.4 Å². The largest absolute Gasteiger partial charge is 0.485 e. The molecule has 2 aromatic carbocycles. The quantitative estimate of drug-likeness (QED) is 0.211. The van der Waals surface area contributed by atoms with Crippen LogP contribution in [0.4, 0.5) is 14.9 Å². The van der Waals surface area contributed by atoms with Gasteiger partial charge in [0.15, 0.2) is 17.4 Å². The topological polar surface area (TPSA) is 144 Å². The first-order chi connectivity index (χ1) is 20.0. The zero-order valence-electron chi connectivity index (χ0n) is 23.6. The summed E-state index contributed by atoms with van der Waals surface area (Å²) in [5, 5.41) is 20.2. The molecule has 0 radical (unpaired) electrons.